The number of amides is 1. The molecule has 0 fully saturated rings. The van der Waals surface area contributed by atoms with Crippen LogP contribution in [0.2, 0.25) is 0 Å². The molecule has 10 heteroatoms. The highest BCUT2D eigenvalue weighted by atomic mass is 19.1. The van der Waals surface area contributed by atoms with Crippen LogP contribution in [0.5, 0.6) is 11.6 Å². The van der Waals surface area contributed by atoms with Gasteiger partial charge in [0.1, 0.15) is 12.4 Å². The summed E-state index contributed by atoms with van der Waals surface area (Å²) in [6.45, 7) is 3.42. The quantitative estimate of drug-likeness (QED) is 0.329. The molecule has 0 aliphatic rings. The van der Waals surface area contributed by atoms with Crippen LogP contribution < -0.4 is 15.4 Å². The SMILES string of the molecule is C/C=C/C(=O)Nc1ccc(Nc2ncnc(Oc3cc(F)c4[nH]c(C)cc4c3F)c2C#N)cc1. The summed E-state index contributed by atoms with van der Waals surface area (Å²) in [7, 11) is 0. The summed E-state index contributed by atoms with van der Waals surface area (Å²) in [5.74, 6) is -2.28. The first-order chi connectivity index (χ1) is 16.4. The van der Waals surface area contributed by atoms with Gasteiger partial charge in [-0.2, -0.15) is 5.26 Å². The molecule has 2 aromatic heterocycles. The number of allylic oxidation sites excluding steroid dienone is 1. The third kappa shape index (κ3) is 4.54. The normalized spacial score (nSPS) is 10.9. The molecule has 2 heterocycles. The molecule has 0 saturated heterocycles. The fourth-order valence-electron chi connectivity index (χ4n) is 3.26. The van der Waals surface area contributed by atoms with E-state index >= 15 is 0 Å². The van der Waals surface area contributed by atoms with E-state index in [1.54, 1.807) is 44.2 Å². The minimum Gasteiger partial charge on any atom is -0.434 e. The van der Waals surface area contributed by atoms with Crippen molar-refractivity contribution < 1.29 is 18.3 Å². The van der Waals surface area contributed by atoms with Crippen LogP contribution in [-0.2, 0) is 4.79 Å². The number of H-pyrrole nitrogens is 1. The van der Waals surface area contributed by atoms with Crippen LogP contribution in [0, 0.1) is 29.9 Å². The Hall–Kier alpha value is -4.78. The number of benzene rings is 2. The second kappa shape index (κ2) is 9.38. The van der Waals surface area contributed by atoms with Crippen molar-refractivity contribution >= 4 is 34.0 Å². The van der Waals surface area contributed by atoms with E-state index in [0.717, 1.165) is 12.4 Å². The molecule has 3 N–H and O–H groups in total. The maximum Gasteiger partial charge on any atom is 0.248 e. The van der Waals surface area contributed by atoms with E-state index in [0.29, 0.717) is 17.1 Å². The molecular formula is C24H18F2N6O2. The van der Waals surface area contributed by atoms with E-state index in [4.69, 9.17) is 4.74 Å². The van der Waals surface area contributed by atoms with E-state index < -0.39 is 17.4 Å². The molecule has 1 amide bonds. The molecule has 34 heavy (non-hydrogen) atoms. The standard InChI is InChI=1S/C24H18F2N6O2/c1-3-4-20(33)31-14-5-7-15(8-6-14)32-23-17(11-27)24(29-12-28-23)34-19-10-18(25)22-16(21(19)26)9-13(2)30-22/h3-10,12,30H,1-2H3,(H,31,33)(H,28,29,32)/b4-3+. The van der Waals surface area contributed by atoms with Gasteiger partial charge >= 0.3 is 0 Å². The molecule has 0 spiro atoms. The van der Waals surface area contributed by atoms with E-state index in [2.05, 4.69) is 25.6 Å². The topological polar surface area (TPSA) is 116 Å². The molecule has 0 saturated carbocycles. The maximum atomic E-state index is 14.9. The Morgan fingerprint density at radius 1 is 1.18 bits per heavy atom. The highest BCUT2D eigenvalue weighted by molar-refractivity contribution is 5.99. The summed E-state index contributed by atoms with van der Waals surface area (Å²) < 4.78 is 34.8. The van der Waals surface area contributed by atoms with Gasteiger partial charge in [0.2, 0.25) is 11.8 Å². The number of carbonyl (C=O) groups is 1. The lowest BCUT2D eigenvalue weighted by atomic mass is 10.2. The summed E-state index contributed by atoms with van der Waals surface area (Å²) in [5, 5.41) is 15.4. The molecule has 0 bridgehead atoms. The Bertz CT molecular complexity index is 1460. The zero-order valence-electron chi connectivity index (χ0n) is 18.1. The predicted molar refractivity (Wildman–Crippen MR) is 123 cm³/mol. The summed E-state index contributed by atoms with van der Waals surface area (Å²) in [6.07, 6.45) is 4.16. The van der Waals surface area contributed by atoms with Crippen LogP contribution >= 0.6 is 0 Å². The summed E-state index contributed by atoms with van der Waals surface area (Å²) in [4.78, 5) is 22.4. The van der Waals surface area contributed by atoms with Gasteiger partial charge in [-0.25, -0.2) is 18.7 Å². The lowest BCUT2D eigenvalue weighted by molar-refractivity contribution is -0.111. The number of aromatic nitrogens is 3. The number of rotatable bonds is 6. The van der Waals surface area contributed by atoms with E-state index in [-0.39, 0.29) is 34.1 Å². The number of carbonyl (C=O) groups excluding carboxylic acids is 1. The van der Waals surface area contributed by atoms with Gasteiger partial charge in [-0.3, -0.25) is 4.79 Å². The van der Waals surface area contributed by atoms with Crippen LogP contribution in [0.15, 0.2) is 54.9 Å². The zero-order chi connectivity index (χ0) is 24.2. The van der Waals surface area contributed by atoms with E-state index in [1.807, 2.05) is 6.07 Å². The number of hydrogen-bond acceptors (Lipinski definition) is 6. The molecule has 0 radical (unpaired) electrons. The number of halogens is 2. The number of ether oxygens (including phenoxy) is 1. The first-order valence-corrected chi connectivity index (χ1v) is 10.1. The van der Waals surface area contributed by atoms with Gasteiger partial charge in [0.05, 0.1) is 5.52 Å². The number of nitriles is 1. The molecule has 8 nitrogen and oxygen atoms in total. The fourth-order valence-corrected chi connectivity index (χ4v) is 3.26. The number of aryl methyl sites for hydroxylation is 1. The van der Waals surface area contributed by atoms with Crippen LogP contribution in [-0.4, -0.2) is 20.9 Å². The lowest BCUT2D eigenvalue weighted by Gasteiger charge is -2.12. The van der Waals surface area contributed by atoms with Crippen molar-refractivity contribution in [3.8, 4) is 17.7 Å². The van der Waals surface area contributed by atoms with Crippen molar-refractivity contribution in [2.45, 2.75) is 13.8 Å². The van der Waals surface area contributed by atoms with Crippen molar-refractivity contribution in [2.24, 2.45) is 0 Å². The van der Waals surface area contributed by atoms with Crippen LogP contribution in [0.25, 0.3) is 10.9 Å². The lowest BCUT2D eigenvalue weighted by Crippen LogP contribution is -2.07. The monoisotopic (exact) mass is 460 g/mol. The third-order valence-corrected chi connectivity index (χ3v) is 4.77. The van der Waals surface area contributed by atoms with Crippen LogP contribution in [0.3, 0.4) is 0 Å². The predicted octanol–water partition coefficient (Wildman–Crippen LogP) is 5.47. The highest BCUT2D eigenvalue weighted by Crippen LogP contribution is 2.34. The number of fused-ring (bicyclic) bond motifs is 1. The van der Waals surface area contributed by atoms with E-state index in [9.17, 15) is 18.8 Å². The van der Waals surface area contributed by atoms with Gasteiger partial charge in [-0.15, -0.1) is 0 Å². The minimum atomic E-state index is -0.784. The molecule has 0 aliphatic carbocycles. The highest BCUT2D eigenvalue weighted by Gasteiger charge is 2.20. The number of hydrogen-bond donors (Lipinski definition) is 3. The molecule has 170 valence electrons. The molecule has 0 atom stereocenters. The Morgan fingerprint density at radius 3 is 2.62 bits per heavy atom. The summed E-state index contributed by atoms with van der Waals surface area (Å²) >= 11 is 0. The van der Waals surface area contributed by atoms with Gasteiger partial charge in [-0.1, -0.05) is 6.08 Å². The Morgan fingerprint density at radius 2 is 1.91 bits per heavy atom. The van der Waals surface area contributed by atoms with Crippen molar-refractivity contribution in [3.05, 3.63) is 77.8 Å². The molecule has 2 aromatic carbocycles. The van der Waals surface area contributed by atoms with Crippen molar-refractivity contribution in [2.75, 3.05) is 10.6 Å². The summed E-state index contributed by atoms with van der Waals surface area (Å²) in [5.41, 5.74) is 1.65. The first kappa shape index (κ1) is 22.4. The van der Waals surface area contributed by atoms with Gasteiger partial charge in [0.25, 0.3) is 0 Å². The average molecular weight is 460 g/mol. The molecule has 4 aromatic rings. The summed E-state index contributed by atoms with van der Waals surface area (Å²) in [6, 6.07) is 11.0. The first-order valence-electron chi connectivity index (χ1n) is 10.1. The van der Waals surface area contributed by atoms with Gasteiger partial charge in [-0.05, 0) is 50.3 Å². The smallest absolute Gasteiger partial charge is 0.248 e. The maximum absolute atomic E-state index is 14.9. The molecule has 0 unspecified atom stereocenters. The van der Waals surface area contributed by atoms with Crippen molar-refractivity contribution in [1.82, 2.24) is 15.0 Å². The Labute approximate surface area is 192 Å². The van der Waals surface area contributed by atoms with Crippen molar-refractivity contribution in [3.63, 3.8) is 0 Å². The van der Waals surface area contributed by atoms with Gasteiger partial charge in [0, 0.05) is 28.5 Å². The minimum absolute atomic E-state index is 0.0262. The second-order valence-corrected chi connectivity index (χ2v) is 7.22. The van der Waals surface area contributed by atoms with Gasteiger partial charge < -0.3 is 20.4 Å². The number of nitrogens with one attached hydrogen (secondary N) is 3. The molecule has 0 aliphatic heterocycles. The second-order valence-electron chi connectivity index (χ2n) is 7.22. The van der Waals surface area contributed by atoms with Crippen LogP contribution in [0.4, 0.5) is 26.0 Å². The molecule has 4 rings (SSSR count). The Balaban J connectivity index is 1.60. The Kier molecular flexibility index (Phi) is 6.18. The molecular weight excluding hydrogens is 442 g/mol. The number of nitrogens with zero attached hydrogens (tertiary/aromatic N) is 3. The average Bonchev–Trinajstić information content (AvgIpc) is 3.21. The van der Waals surface area contributed by atoms with E-state index in [1.165, 1.54) is 12.1 Å². The zero-order valence-corrected chi connectivity index (χ0v) is 18.1. The number of aromatic amines is 1. The van der Waals surface area contributed by atoms with Crippen LogP contribution in [0.1, 0.15) is 18.2 Å². The van der Waals surface area contributed by atoms with Crippen molar-refractivity contribution in [1.29, 1.82) is 5.26 Å². The van der Waals surface area contributed by atoms with Gasteiger partial charge in [0.15, 0.2) is 28.8 Å². The largest absolute Gasteiger partial charge is 0.434 e. The fraction of sp³-hybridized carbons (Fsp3) is 0.0833. The number of anilines is 3. The third-order valence-electron chi connectivity index (χ3n) is 4.77.